The Labute approximate surface area is 90.4 Å². The van der Waals surface area contributed by atoms with Crippen molar-refractivity contribution in [1.29, 1.82) is 0 Å². The predicted molar refractivity (Wildman–Crippen MR) is 60.4 cm³/mol. The van der Waals surface area contributed by atoms with Crippen LogP contribution in [-0.2, 0) is 0 Å². The van der Waals surface area contributed by atoms with Crippen molar-refractivity contribution < 1.29 is 0 Å². The summed E-state index contributed by atoms with van der Waals surface area (Å²) in [5.41, 5.74) is 0.248. The van der Waals surface area contributed by atoms with Gasteiger partial charge in [-0.1, -0.05) is 18.2 Å². The molecule has 0 unspecified atom stereocenters. The third kappa shape index (κ3) is 2.02. The van der Waals surface area contributed by atoms with Gasteiger partial charge in [0.1, 0.15) is 0 Å². The van der Waals surface area contributed by atoms with Gasteiger partial charge in [0.25, 0.3) is 5.56 Å². The van der Waals surface area contributed by atoms with Gasteiger partial charge in [0.05, 0.1) is 5.69 Å². The number of H-pyrrole nitrogens is 2. The number of aromatic amines is 2. The van der Waals surface area contributed by atoms with Crippen molar-refractivity contribution in [3.8, 4) is 11.3 Å². The molecule has 0 saturated heterocycles. The molecule has 0 spiro atoms. The molecule has 0 saturated carbocycles. The summed E-state index contributed by atoms with van der Waals surface area (Å²) in [5, 5.41) is 0. The quantitative estimate of drug-likeness (QED) is 0.628. The number of rotatable bonds is 1. The Hall–Kier alpha value is -1.75. The van der Waals surface area contributed by atoms with Crippen molar-refractivity contribution in [2.24, 2.45) is 0 Å². The van der Waals surface area contributed by atoms with E-state index >= 15 is 0 Å². The fourth-order valence-electron chi connectivity index (χ4n) is 1.32. The summed E-state index contributed by atoms with van der Waals surface area (Å²) in [6.07, 6.45) is 0. The fraction of sp³-hybridized carbons (Fsp3) is 0. The van der Waals surface area contributed by atoms with Crippen LogP contribution < -0.4 is 11.2 Å². The molecule has 2 N–H and O–H groups in total. The molecule has 1 heterocycles. The monoisotopic (exact) mass is 220 g/mol. The molecular weight excluding hydrogens is 212 g/mol. The highest BCUT2D eigenvalue weighted by Gasteiger charge is 2.03. The van der Waals surface area contributed by atoms with E-state index in [0.717, 1.165) is 5.56 Å². The van der Waals surface area contributed by atoms with Gasteiger partial charge in [-0.3, -0.25) is 9.78 Å². The third-order valence-electron chi connectivity index (χ3n) is 1.95. The zero-order valence-electron chi connectivity index (χ0n) is 7.65. The Bertz CT molecular complexity index is 572. The number of thiol groups is 1. The maximum absolute atomic E-state index is 11.1. The van der Waals surface area contributed by atoms with Gasteiger partial charge >= 0.3 is 5.69 Å². The molecule has 15 heavy (non-hydrogen) atoms. The van der Waals surface area contributed by atoms with Crippen LogP contribution in [0.2, 0.25) is 0 Å². The van der Waals surface area contributed by atoms with Crippen molar-refractivity contribution >= 4 is 12.6 Å². The maximum Gasteiger partial charge on any atom is 0.326 e. The number of hydrogen-bond donors (Lipinski definition) is 3. The minimum absolute atomic E-state index is 0.426. The molecular formula is C10H8N2O2S. The highest BCUT2D eigenvalue weighted by Crippen LogP contribution is 2.22. The second-order valence-corrected chi connectivity index (χ2v) is 3.50. The lowest BCUT2D eigenvalue weighted by molar-refractivity contribution is 1.04. The number of aromatic nitrogens is 2. The van der Waals surface area contributed by atoms with Crippen LogP contribution in [-0.4, -0.2) is 9.97 Å². The van der Waals surface area contributed by atoms with Gasteiger partial charge in [-0.05, 0) is 6.07 Å². The van der Waals surface area contributed by atoms with E-state index in [-0.39, 0.29) is 0 Å². The number of hydrogen-bond acceptors (Lipinski definition) is 3. The van der Waals surface area contributed by atoms with Crippen LogP contribution >= 0.6 is 12.6 Å². The van der Waals surface area contributed by atoms with Crippen molar-refractivity contribution in [1.82, 2.24) is 9.97 Å². The first-order valence-corrected chi connectivity index (χ1v) is 4.73. The van der Waals surface area contributed by atoms with E-state index in [0.29, 0.717) is 10.6 Å². The molecule has 0 atom stereocenters. The molecule has 5 heteroatoms. The van der Waals surface area contributed by atoms with Crippen LogP contribution in [0.1, 0.15) is 0 Å². The molecule has 4 nitrogen and oxygen atoms in total. The summed E-state index contributed by atoms with van der Waals surface area (Å²) >= 11 is 4.24. The lowest BCUT2D eigenvalue weighted by atomic mass is 10.1. The summed E-state index contributed by atoms with van der Waals surface area (Å²) in [7, 11) is 0. The van der Waals surface area contributed by atoms with Gasteiger partial charge in [0.15, 0.2) is 0 Å². The number of nitrogens with one attached hydrogen (secondary N) is 2. The second-order valence-electron chi connectivity index (χ2n) is 3.02. The van der Waals surface area contributed by atoms with Gasteiger partial charge in [-0.25, -0.2) is 4.79 Å². The highest BCUT2D eigenvalue weighted by molar-refractivity contribution is 7.80. The fourth-order valence-corrected chi connectivity index (χ4v) is 1.60. The van der Waals surface area contributed by atoms with Crippen LogP contribution in [0.4, 0.5) is 0 Å². The summed E-state index contributed by atoms with van der Waals surface area (Å²) in [6.45, 7) is 0. The topological polar surface area (TPSA) is 65.7 Å². The average Bonchev–Trinajstić information content (AvgIpc) is 2.16. The van der Waals surface area contributed by atoms with Crippen molar-refractivity contribution in [2.45, 2.75) is 4.90 Å². The minimum Gasteiger partial charge on any atom is -0.307 e. The second kappa shape index (κ2) is 3.78. The molecule has 76 valence electrons. The minimum atomic E-state index is -0.519. The lowest BCUT2D eigenvalue weighted by Crippen LogP contribution is -2.21. The first kappa shape index (κ1) is 9.79. The van der Waals surface area contributed by atoms with E-state index in [1.165, 1.54) is 6.07 Å². The van der Waals surface area contributed by atoms with Crippen LogP contribution in [0.15, 0.2) is 44.8 Å². The molecule has 2 rings (SSSR count). The zero-order valence-corrected chi connectivity index (χ0v) is 8.54. The summed E-state index contributed by atoms with van der Waals surface area (Å²) in [4.78, 5) is 27.5. The third-order valence-corrected chi connectivity index (χ3v) is 2.34. The van der Waals surface area contributed by atoms with Crippen molar-refractivity contribution in [2.75, 3.05) is 0 Å². The normalized spacial score (nSPS) is 10.2. The molecule has 0 fully saturated rings. The molecule has 0 aliphatic rings. The Morgan fingerprint density at radius 1 is 1.07 bits per heavy atom. The first-order valence-electron chi connectivity index (χ1n) is 4.29. The average molecular weight is 220 g/mol. The molecule has 1 aromatic carbocycles. The maximum atomic E-state index is 11.1. The molecule has 0 aliphatic carbocycles. The standard InChI is InChI=1S/C10H8N2O2S/c13-9-5-7(11-10(14)12-9)6-3-1-2-4-8(6)15/h1-5,15H,(H2,11,12,13,14). The summed E-state index contributed by atoms with van der Waals surface area (Å²) in [5.74, 6) is 0. The largest absolute Gasteiger partial charge is 0.326 e. The molecule has 1 aromatic heterocycles. The summed E-state index contributed by atoms with van der Waals surface area (Å²) in [6, 6.07) is 8.55. The van der Waals surface area contributed by atoms with Crippen LogP contribution in [0, 0.1) is 0 Å². The van der Waals surface area contributed by atoms with Gasteiger partial charge in [-0.2, -0.15) is 0 Å². The zero-order chi connectivity index (χ0) is 10.8. The molecule has 0 radical (unpaired) electrons. The van der Waals surface area contributed by atoms with Crippen LogP contribution in [0.5, 0.6) is 0 Å². The van der Waals surface area contributed by atoms with Crippen LogP contribution in [0.25, 0.3) is 11.3 Å². The molecule has 0 bridgehead atoms. The molecule has 2 aromatic rings. The van der Waals surface area contributed by atoms with Gasteiger partial charge in [-0.15, -0.1) is 12.6 Å². The lowest BCUT2D eigenvalue weighted by Gasteiger charge is -2.02. The predicted octanol–water partition coefficient (Wildman–Crippen LogP) is 1.02. The molecule has 0 aliphatic heterocycles. The van der Waals surface area contributed by atoms with E-state index in [2.05, 4.69) is 22.6 Å². The van der Waals surface area contributed by atoms with Gasteiger partial charge in [0, 0.05) is 16.5 Å². The Morgan fingerprint density at radius 3 is 2.47 bits per heavy atom. The van der Waals surface area contributed by atoms with Crippen LogP contribution in [0.3, 0.4) is 0 Å². The van der Waals surface area contributed by atoms with Gasteiger partial charge < -0.3 is 4.98 Å². The van der Waals surface area contributed by atoms with E-state index in [9.17, 15) is 9.59 Å². The van der Waals surface area contributed by atoms with E-state index in [4.69, 9.17) is 0 Å². The van der Waals surface area contributed by atoms with Crippen molar-refractivity contribution in [3.63, 3.8) is 0 Å². The van der Waals surface area contributed by atoms with Crippen molar-refractivity contribution in [3.05, 3.63) is 51.2 Å². The Morgan fingerprint density at radius 2 is 1.80 bits per heavy atom. The highest BCUT2D eigenvalue weighted by atomic mass is 32.1. The summed E-state index contributed by atoms with van der Waals surface area (Å²) < 4.78 is 0. The Kier molecular flexibility index (Phi) is 2.47. The van der Waals surface area contributed by atoms with Gasteiger partial charge in [0.2, 0.25) is 0 Å². The Balaban J connectivity index is 2.70. The first-order chi connectivity index (χ1) is 7.16. The van der Waals surface area contributed by atoms with E-state index in [1.807, 2.05) is 12.1 Å². The SMILES string of the molecule is O=c1cc(-c2ccccc2S)[nH]c(=O)[nH]1. The number of benzene rings is 1. The van der Waals surface area contributed by atoms with E-state index in [1.54, 1.807) is 12.1 Å². The van der Waals surface area contributed by atoms with E-state index < -0.39 is 11.2 Å². The molecule has 0 amide bonds. The smallest absolute Gasteiger partial charge is 0.307 e.